The van der Waals surface area contributed by atoms with Gasteiger partial charge in [-0.2, -0.15) is 0 Å². The molecule has 5 heterocycles. The third-order valence-corrected chi connectivity index (χ3v) is 15.3. The molecule has 0 amide bonds. The number of aromatic amines is 1. The number of rotatable bonds is 5. The second kappa shape index (κ2) is 8.29. The number of aliphatic hydroxyl groups is 2. The quantitative estimate of drug-likeness (QED) is 0.189. The number of hydrogen-bond donors (Lipinski definition) is 3. The molecule has 1 aromatic heterocycles. The first kappa shape index (κ1) is 29.8. The Labute approximate surface area is 267 Å². The second-order valence-corrected chi connectivity index (χ2v) is 16.9. The predicted octanol–water partition coefficient (Wildman–Crippen LogP) is 3.88. The van der Waals surface area contributed by atoms with Gasteiger partial charge < -0.3 is 34.0 Å². The van der Waals surface area contributed by atoms with E-state index in [1.807, 2.05) is 13.8 Å². The lowest BCUT2D eigenvalue weighted by atomic mass is 9.51. The van der Waals surface area contributed by atoms with E-state index in [1.54, 1.807) is 69.4 Å². The second-order valence-electron chi connectivity index (χ2n) is 15.0. The molecule has 4 aliphatic heterocycles. The van der Waals surface area contributed by atoms with Gasteiger partial charge in [-0.25, -0.2) is 4.79 Å². The van der Waals surface area contributed by atoms with Gasteiger partial charge in [-0.15, -0.1) is 0 Å². The number of nitrogens with one attached hydrogen (secondary N) is 1. The van der Waals surface area contributed by atoms with Crippen molar-refractivity contribution in [1.29, 1.82) is 0 Å². The first-order valence-corrected chi connectivity index (χ1v) is 17.8. The number of carbonyl (C=O) groups is 1. The molecule has 3 N–H and O–H groups in total. The minimum absolute atomic E-state index is 0.0276. The number of H-pyrrole nitrogens is 1. The van der Waals surface area contributed by atoms with Gasteiger partial charge in [0.05, 0.1) is 16.3 Å². The Kier molecular flexibility index (Phi) is 5.38. The van der Waals surface area contributed by atoms with Crippen LogP contribution in [0.3, 0.4) is 0 Å². The monoisotopic (exact) mass is 651 g/mol. The first-order chi connectivity index (χ1) is 21.7. The Hall–Kier alpha value is -2.28. The maximum atomic E-state index is 15.5. The summed E-state index contributed by atoms with van der Waals surface area (Å²) >= 11 is 0. The molecule has 4 saturated carbocycles. The average molecular weight is 651 g/mol. The fourth-order valence-corrected chi connectivity index (χ4v) is 14.0. The lowest BCUT2D eigenvalue weighted by Crippen LogP contribution is -2.78. The van der Waals surface area contributed by atoms with Crippen molar-refractivity contribution in [3.05, 3.63) is 66.5 Å². The van der Waals surface area contributed by atoms with Crippen LogP contribution in [-0.2, 0) is 32.4 Å². The minimum atomic E-state index is -4.29. The van der Waals surface area contributed by atoms with Crippen molar-refractivity contribution in [1.82, 2.24) is 4.98 Å². The summed E-state index contributed by atoms with van der Waals surface area (Å²) in [4.78, 5) is 16.9. The normalized spacial score (nSPS) is 52.3. The summed E-state index contributed by atoms with van der Waals surface area (Å²) in [6.07, 6.45) is 0.365. The number of esters is 1. The Morgan fingerprint density at radius 3 is 2.54 bits per heavy atom. The zero-order chi connectivity index (χ0) is 32.6. The average Bonchev–Trinajstić information content (AvgIpc) is 3.63. The van der Waals surface area contributed by atoms with Crippen LogP contribution >= 0.6 is 7.60 Å². The van der Waals surface area contributed by atoms with E-state index in [4.69, 9.17) is 27.8 Å². The maximum Gasteiger partial charge on any atom is 0.457 e. The van der Waals surface area contributed by atoms with E-state index in [9.17, 15) is 15.0 Å². The number of benzene rings is 1. The molecule has 8 fully saturated rings. The van der Waals surface area contributed by atoms with Gasteiger partial charge in [0.2, 0.25) is 0 Å². The fourth-order valence-electron chi connectivity index (χ4n) is 11.8. The molecule has 46 heavy (non-hydrogen) atoms. The van der Waals surface area contributed by atoms with Crippen molar-refractivity contribution in [2.45, 2.75) is 106 Å². The lowest BCUT2D eigenvalue weighted by Gasteiger charge is -2.65. The Bertz CT molecular complexity index is 1760. The van der Waals surface area contributed by atoms with Crippen LogP contribution in [0.25, 0.3) is 0 Å². The van der Waals surface area contributed by atoms with Crippen molar-refractivity contribution < 1.29 is 47.4 Å². The number of ether oxygens (including phenoxy) is 2. The molecule has 4 aliphatic carbocycles. The summed E-state index contributed by atoms with van der Waals surface area (Å²) in [5.74, 6) is -3.43. The Morgan fingerprint density at radius 1 is 1.15 bits per heavy atom. The summed E-state index contributed by atoms with van der Waals surface area (Å²) in [5, 5.41) is 26.8. The van der Waals surface area contributed by atoms with Gasteiger partial charge in [0.15, 0.2) is 23.1 Å². The van der Waals surface area contributed by atoms with Gasteiger partial charge in [-0.05, 0) is 61.8 Å². The van der Waals surface area contributed by atoms with Crippen LogP contribution < -0.4 is 5.30 Å². The van der Waals surface area contributed by atoms with E-state index >= 15 is 4.57 Å². The summed E-state index contributed by atoms with van der Waals surface area (Å²) < 4.78 is 57.1. The van der Waals surface area contributed by atoms with Crippen molar-refractivity contribution >= 4 is 26.0 Å². The molecule has 4 spiro atoms. The fraction of sp³-hybridized carbons (Fsp3) is 0.606. The molecule has 2 aromatic rings. The molecule has 8 aliphatic rings. The van der Waals surface area contributed by atoms with Crippen LogP contribution in [0.15, 0.2) is 60.8 Å². The highest BCUT2D eigenvalue weighted by atomic mass is 31.2. The summed E-state index contributed by atoms with van der Waals surface area (Å²) in [5.41, 5.74) is -10.8. The highest BCUT2D eigenvalue weighted by molar-refractivity contribution is 7.62. The molecule has 244 valence electrons. The highest BCUT2D eigenvalue weighted by Crippen LogP contribution is 2.96. The van der Waals surface area contributed by atoms with Crippen LogP contribution in [0.2, 0.25) is 6.32 Å². The zero-order valence-electron chi connectivity index (χ0n) is 26.6. The Balaban J connectivity index is 1.44. The van der Waals surface area contributed by atoms with E-state index in [0.717, 1.165) is 0 Å². The summed E-state index contributed by atoms with van der Waals surface area (Å²) in [6, 6.07) is 11.9. The molecule has 1 aromatic carbocycles. The van der Waals surface area contributed by atoms with Crippen LogP contribution in [0.4, 0.5) is 0 Å². The van der Waals surface area contributed by atoms with E-state index in [-0.39, 0.29) is 12.1 Å². The van der Waals surface area contributed by atoms with Crippen molar-refractivity contribution in [2.24, 2.45) is 16.7 Å². The van der Waals surface area contributed by atoms with E-state index < -0.39 is 83.4 Å². The molecular formula is C33H39BNO10P. The topological polar surface area (TPSA) is 146 Å². The highest BCUT2D eigenvalue weighted by Gasteiger charge is 3.14. The molecule has 13 heteroatoms. The van der Waals surface area contributed by atoms with E-state index in [0.29, 0.717) is 30.0 Å². The zero-order valence-corrected chi connectivity index (χ0v) is 27.5. The molecule has 4 saturated heterocycles. The van der Waals surface area contributed by atoms with Gasteiger partial charge in [0.25, 0.3) is 0 Å². The molecule has 0 radical (unpaired) electrons. The maximum absolute atomic E-state index is 15.5. The molecule has 11 nitrogen and oxygen atoms in total. The van der Waals surface area contributed by atoms with Gasteiger partial charge in [-0.1, -0.05) is 52.5 Å². The largest absolute Gasteiger partial charge is 0.457 e. The molecule has 7 bridgehead atoms. The number of carbonyl (C=O) groups excluding carboxylic acids is 1. The van der Waals surface area contributed by atoms with E-state index in [2.05, 4.69) is 11.6 Å². The minimum Gasteiger partial charge on any atom is -0.451 e. The van der Waals surface area contributed by atoms with Crippen LogP contribution in [0.5, 0.6) is 0 Å². The SMILES string of the molecule is C=C1CC[C@@]23OB(CC)O[C@@]45[C@H](OC(=O)c6ccc[nH]6)[C@](O)(C(C)C)[C@]6(C)[C@@]47O[P@](=O)(c4ccccc4)O[C@H]1[C@@]27O[C@@]6(O)C[C@@]35C. The Morgan fingerprint density at radius 2 is 1.89 bits per heavy atom. The summed E-state index contributed by atoms with van der Waals surface area (Å²) in [6.45, 7) is 13.6. The summed E-state index contributed by atoms with van der Waals surface area (Å²) in [7, 11) is -5.13. The number of hydrogen-bond acceptors (Lipinski definition) is 10. The van der Waals surface area contributed by atoms with Crippen LogP contribution in [0, 0.1) is 16.7 Å². The standard InChI is InChI=1S/C33H39BNO10P/c1-7-34-43-28-16-15-20(4)23-31(28)33(45-46(39,41-23)21-12-9-8-10-13-21)27(6)29(37,42-31)18-26(28,5)32(33,44-34)25(30(27,38)19(2)3)40-24(36)22-14-11-17-35-22/h8-14,17,19,23,25,35,37-38H,4,7,15-16,18H2,1-3,5-6H3/t23-,25-,26+,27-,28+,29+,30-,31-,32-,33+,46+/m1/s1. The third kappa shape index (κ3) is 2.46. The van der Waals surface area contributed by atoms with Gasteiger partial charge in [-0.3, -0.25) is 13.6 Å². The lowest BCUT2D eigenvalue weighted by molar-refractivity contribution is -0.385. The molecular weight excluding hydrogens is 612 g/mol. The molecule has 0 unspecified atom stereocenters. The van der Waals surface area contributed by atoms with Crippen LogP contribution in [0.1, 0.15) is 64.4 Å². The van der Waals surface area contributed by atoms with Crippen LogP contribution in [-0.4, -0.2) is 74.3 Å². The molecule has 10 rings (SSSR count). The van der Waals surface area contributed by atoms with Gasteiger partial charge in [0.1, 0.15) is 23.0 Å². The van der Waals surface area contributed by atoms with Crippen molar-refractivity contribution in [2.75, 3.05) is 0 Å². The smallest absolute Gasteiger partial charge is 0.451 e. The predicted molar refractivity (Wildman–Crippen MR) is 164 cm³/mol. The van der Waals surface area contributed by atoms with Crippen molar-refractivity contribution in [3.8, 4) is 0 Å². The molecule has 11 atom stereocenters. The van der Waals surface area contributed by atoms with Crippen molar-refractivity contribution in [3.63, 3.8) is 0 Å². The van der Waals surface area contributed by atoms with E-state index in [1.165, 1.54) is 0 Å². The number of aromatic nitrogens is 1. The third-order valence-electron chi connectivity index (χ3n) is 13.4. The van der Waals surface area contributed by atoms with Gasteiger partial charge >= 0.3 is 20.7 Å². The van der Waals surface area contributed by atoms with Gasteiger partial charge in [0, 0.05) is 18.0 Å². The first-order valence-electron chi connectivity index (χ1n) is 16.2.